The maximum absolute atomic E-state index is 13.0. The van der Waals surface area contributed by atoms with Gasteiger partial charge in [0.2, 0.25) is 0 Å². The van der Waals surface area contributed by atoms with Crippen LogP contribution < -0.4 is 0 Å². The zero-order valence-electron chi connectivity index (χ0n) is 11.0. The summed E-state index contributed by atoms with van der Waals surface area (Å²) >= 11 is 0. The first kappa shape index (κ1) is 15.3. The lowest BCUT2D eigenvalue weighted by atomic mass is 10.1. The molecule has 21 heavy (non-hydrogen) atoms. The van der Waals surface area contributed by atoms with Crippen molar-refractivity contribution in [3.05, 3.63) is 82.4 Å². The van der Waals surface area contributed by atoms with Gasteiger partial charge >= 0.3 is 6.08 Å². The average Bonchev–Trinajstić information content (AvgIpc) is 2.49. The number of hydrogen-bond acceptors (Lipinski definition) is 0. The van der Waals surface area contributed by atoms with Crippen LogP contribution in [0.25, 0.3) is 11.1 Å². The van der Waals surface area contributed by atoms with E-state index in [1.165, 1.54) is 24.3 Å². The van der Waals surface area contributed by atoms with Gasteiger partial charge < -0.3 is 5.32 Å². The van der Waals surface area contributed by atoms with Gasteiger partial charge in [-0.15, -0.1) is 13.1 Å². The van der Waals surface area contributed by atoms with Gasteiger partial charge in [-0.3, -0.25) is 0 Å². The van der Waals surface area contributed by atoms with Crippen molar-refractivity contribution < 1.29 is 17.6 Å². The van der Waals surface area contributed by atoms with Gasteiger partial charge in [0.15, 0.2) is 5.83 Å². The maximum Gasteiger partial charge on any atom is 0.306 e. The van der Waals surface area contributed by atoms with Crippen molar-refractivity contribution in [2.75, 3.05) is 0 Å². The summed E-state index contributed by atoms with van der Waals surface area (Å²) in [5.41, 5.74) is 1.51. The van der Waals surface area contributed by atoms with Crippen LogP contribution in [0.15, 0.2) is 54.6 Å². The third-order valence-corrected chi connectivity index (χ3v) is 2.88. The fourth-order valence-corrected chi connectivity index (χ4v) is 1.77. The van der Waals surface area contributed by atoms with E-state index in [-0.39, 0.29) is 11.4 Å². The Hall–Kier alpha value is -2.14. The van der Waals surface area contributed by atoms with Crippen LogP contribution in [0.4, 0.5) is 17.6 Å². The lowest BCUT2D eigenvalue weighted by Crippen LogP contribution is -1.89. The Kier molecular flexibility index (Phi) is 5.11. The van der Waals surface area contributed by atoms with Crippen LogP contribution in [0.1, 0.15) is 16.7 Å². The molecule has 2 rings (SSSR count). The quantitative estimate of drug-likeness (QED) is 0.652. The smallest absolute Gasteiger partial charge is 0.306 e. The molecule has 0 aromatic heterocycles. The maximum atomic E-state index is 13.0. The van der Waals surface area contributed by atoms with Gasteiger partial charge in [-0.05, 0) is 12.1 Å². The third-order valence-electron chi connectivity index (χ3n) is 2.88. The second-order valence-electron chi connectivity index (χ2n) is 4.44. The Labute approximate surface area is 119 Å². The molecular formula is C16H12F4N-. The fourth-order valence-electron chi connectivity index (χ4n) is 1.77. The molecule has 0 saturated heterocycles. The topological polar surface area (TPSA) is 14.1 Å². The summed E-state index contributed by atoms with van der Waals surface area (Å²) in [4.78, 5) is 0. The highest BCUT2D eigenvalue weighted by Crippen LogP contribution is 2.22. The molecule has 0 aliphatic heterocycles. The van der Waals surface area contributed by atoms with Crippen molar-refractivity contribution in [3.8, 4) is 0 Å². The van der Waals surface area contributed by atoms with Crippen LogP contribution in [-0.2, 0) is 13.1 Å². The van der Waals surface area contributed by atoms with Crippen LogP contribution in [0.2, 0.25) is 0 Å². The van der Waals surface area contributed by atoms with Crippen LogP contribution in [0.5, 0.6) is 0 Å². The molecule has 110 valence electrons. The molecule has 0 radical (unpaired) electrons. The van der Waals surface area contributed by atoms with Crippen LogP contribution in [0.3, 0.4) is 0 Å². The van der Waals surface area contributed by atoms with E-state index in [9.17, 15) is 17.6 Å². The minimum atomic E-state index is -2.33. The standard InChI is InChI=1S/C16H12F4N/c17-14-7-3-12(4-8-14)10-21-9-11-1-5-13(6-2-11)15(18)16(19)20/h1-8H,9-10H2/q-1. The predicted molar refractivity (Wildman–Crippen MR) is 73.9 cm³/mol. The minimum absolute atomic E-state index is 0.155. The Balaban J connectivity index is 1.89. The zero-order valence-corrected chi connectivity index (χ0v) is 11.0. The molecule has 2 aromatic rings. The van der Waals surface area contributed by atoms with Gasteiger partial charge in [0.05, 0.1) is 0 Å². The minimum Gasteiger partial charge on any atom is -0.655 e. The Morgan fingerprint density at radius 3 is 1.71 bits per heavy atom. The normalized spacial score (nSPS) is 10.5. The van der Waals surface area contributed by atoms with Crippen molar-refractivity contribution in [2.45, 2.75) is 13.1 Å². The van der Waals surface area contributed by atoms with Crippen molar-refractivity contribution in [1.82, 2.24) is 0 Å². The third kappa shape index (κ3) is 4.43. The van der Waals surface area contributed by atoms with E-state index in [0.717, 1.165) is 11.1 Å². The molecule has 0 unspecified atom stereocenters. The van der Waals surface area contributed by atoms with E-state index in [1.807, 2.05) is 0 Å². The molecule has 0 N–H and O–H groups in total. The predicted octanol–water partition coefficient (Wildman–Crippen LogP) is 5.43. The van der Waals surface area contributed by atoms with E-state index in [2.05, 4.69) is 5.32 Å². The van der Waals surface area contributed by atoms with Crippen LogP contribution in [0, 0.1) is 5.82 Å². The van der Waals surface area contributed by atoms with E-state index in [0.29, 0.717) is 13.1 Å². The summed E-state index contributed by atoms with van der Waals surface area (Å²) < 4.78 is 49.9. The highest BCUT2D eigenvalue weighted by Gasteiger charge is 2.07. The summed E-state index contributed by atoms with van der Waals surface area (Å²) in [6.07, 6.45) is -2.33. The largest absolute Gasteiger partial charge is 0.655 e. The summed E-state index contributed by atoms with van der Waals surface area (Å²) in [5.74, 6) is -1.81. The highest BCUT2D eigenvalue weighted by atomic mass is 19.3. The second kappa shape index (κ2) is 7.04. The second-order valence-corrected chi connectivity index (χ2v) is 4.44. The van der Waals surface area contributed by atoms with Crippen LogP contribution in [-0.4, -0.2) is 0 Å². The van der Waals surface area contributed by atoms with Gasteiger partial charge in [0.1, 0.15) is 5.82 Å². The average molecular weight is 294 g/mol. The van der Waals surface area contributed by atoms with Gasteiger partial charge in [0.25, 0.3) is 0 Å². The Morgan fingerprint density at radius 2 is 1.24 bits per heavy atom. The summed E-state index contributed by atoms with van der Waals surface area (Å²) in [6, 6.07) is 11.7. The summed E-state index contributed by atoms with van der Waals surface area (Å²) in [6.45, 7) is 0.802. The lowest BCUT2D eigenvalue weighted by Gasteiger charge is -2.19. The highest BCUT2D eigenvalue weighted by molar-refractivity contribution is 5.59. The lowest BCUT2D eigenvalue weighted by molar-refractivity contribution is 0.410. The molecule has 0 atom stereocenters. The van der Waals surface area contributed by atoms with E-state index in [4.69, 9.17) is 0 Å². The first-order valence-electron chi connectivity index (χ1n) is 6.24. The fraction of sp³-hybridized carbons (Fsp3) is 0.125. The molecule has 0 spiro atoms. The monoisotopic (exact) mass is 294 g/mol. The first-order chi connectivity index (χ1) is 10.1. The van der Waals surface area contributed by atoms with Crippen molar-refractivity contribution in [1.29, 1.82) is 0 Å². The van der Waals surface area contributed by atoms with E-state index < -0.39 is 11.9 Å². The Morgan fingerprint density at radius 1 is 0.762 bits per heavy atom. The zero-order chi connectivity index (χ0) is 15.2. The first-order valence-corrected chi connectivity index (χ1v) is 6.24. The molecule has 0 saturated carbocycles. The molecule has 1 nitrogen and oxygen atoms in total. The van der Waals surface area contributed by atoms with Gasteiger partial charge in [-0.25, -0.2) is 8.78 Å². The molecule has 0 bridgehead atoms. The number of hydrogen-bond donors (Lipinski definition) is 0. The molecule has 0 aliphatic carbocycles. The summed E-state index contributed by atoms with van der Waals surface area (Å²) in [7, 11) is 0. The molecule has 0 amide bonds. The molecule has 2 aromatic carbocycles. The number of halogens is 4. The molecule has 0 aliphatic rings. The Bertz CT molecular complexity index is 614. The summed E-state index contributed by atoms with van der Waals surface area (Å²) in [5, 5.41) is 4.27. The molecular weight excluding hydrogens is 282 g/mol. The van der Waals surface area contributed by atoms with E-state index >= 15 is 0 Å². The van der Waals surface area contributed by atoms with Crippen molar-refractivity contribution in [2.24, 2.45) is 0 Å². The number of rotatable bonds is 5. The van der Waals surface area contributed by atoms with Crippen molar-refractivity contribution in [3.63, 3.8) is 0 Å². The van der Waals surface area contributed by atoms with Crippen LogP contribution >= 0.6 is 0 Å². The van der Waals surface area contributed by atoms with Gasteiger partial charge in [-0.2, -0.15) is 8.78 Å². The molecule has 0 fully saturated rings. The van der Waals surface area contributed by atoms with Crippen molar-refractivity contribution >= 4 is 5.83 Å². The van der Waals surface area contributed by atoms with Gasteiger partial charge in [-0.1, -0.05) is 47.5 Å². The SMILES string of the molecule is FC(F)=C(F)c1ccc(C[N-]Cc2ccc(F)cc2)cc1. The van der Waals surface area contributed by atoms with E-state index in [1.54, 1.807) is 24.3 Å². The molecule has 0 heterocycles. The number of nitrogens with zero attached hydrogens (tertiary/aromatic N) is 1. The number of benzene rings is 2. The van der Waals surface area contributed by atoms with Gasteiger partial charge in [0, 0.05) is 5.56 Å². The molecule has 5 heteroatoms.